The molecule has 3 aromatic rings. The van der Waals surface area contributed by atoms with E-state index < -0.39 is 0 Å². The Morgan fingerprint density at radius 3 is 2.58 bits per heavy atom. The van der Waals surface area contributed by atoms with Crippen LogP contribution in [0.4, 0.5) is 11.4 Å². The molecule has 1 saturated heterocycles. The Hall–Kier alpha value is -2.96. The zero-order valence-electron chi connectivity index (χ0n) is 19.0. The van der Waals surface area contributed by atoms with Crippen molar-refractivity contribution in [2.24, 2.45) is 5.92 Å². The summed E-state index contributed by atoms with van der Waals surface area (Å²) in [6, 6.07) is 16.9. The number of rotatable bonds is 8. The van der Waals surface area contributed by atoms with Crippen LogP contribution in [-0.2, 0) is 11.2 Å². The fourth-order valence-electron chi connectivity index (χ4n) is 3.64. The number of amides is 1. The van der Waals surface area contributed by atoms with Gasteiger partial charge in [0.15, 0.2) is 5.76 Å². The van der Waals surface area contributed by atoms with Crippen LogP contribution in [-0.4, -0.2) is 38.8 Å². The molecule has 174 valence electrons. The van der Waals surface area contributed by atoms with Crippen molar-refractivity contribution in [1.82, 2.24) is 0 Å². The molecule has 1 aliphatic heterocycles. The van der Waals surface area contributed by atoms with Gasteiger partial charge >= 0.3 is 0 Å². The molecule has 0 spiro atoms. The van der Waals surface area contributed by atoms with Crippen molar-refractivity contribution >= 4 is 28.9 Å². The highest BCUT2D eigenvalue weighted by molar-refractivity contribution is 6.30. The molecule has 0 unspecified atom stereocenters. The normalized spacial score (nSPS) is 13.9. The molecule has 0 atom stereocenters. The minimum Gasteiger partial charge on any atom is -0.493 e. The Balaban J connectivity index is 1.39. The largest absolute Gasteiger partial charge is 0.493 e. The van der Waals surface area contributed by atoms with Gasteiger partial charge in [-0.25, -0.2) is 0 Å². The molecular formula is C26H29ClN2O4. The van der Waals surface area contributed by atoms with Gasteiger partial charge in [0, 0.05) is 41.5 Å². The Morgan fingerprint density at radius 2 is 1.85 bits per heavy atom. The minimum absolute atomic E-state index is 0.258. The minimum atomic E-state index is -0.289. The molecule has 1 N–H and O–H groups in total. The van der Waals surface area contributed by atoms with Crippen LogP contribution in [0.1, 0.15) is 35.7 Å². The fourth-order valence-corrected chi connectivity index (χ4v) is 3.83. The van der Waals surface area contributed by atoms with E-state index in [1.165, 1.54) is 0 Å². The highest BCUT2D eigenvalue weighted by Gasteiger charge is 2.15. The highest BCUT2D eigenvalue weighted by atomic mass is 35.5. The number of anilines is 2. The Bertz CT molecular complexity index is 1070. The number of carbonyl (C=O) groups excluding carboxylic acids is 1. The summed E-state index contributed by atoms with van der Waals surface area (Å²) in [7, 11) is 0. The van der Waals surface area contributed by atoms with E-state index in [4.69, 9.17) is 25.5 Å². The van der Waals surface area contributed by atoms with E-state index >= 15 is 0 Å². The molecule has 0 saturated carbocycles. The van der Waals surface area contributed by atoms with Gasteiger partial charge in [-0.05, 0) is 60.5 Å². The first kappa shape index (κ1) is 23.2. The van der Waals surface area contributed by atoms with Gasteiger partial charge in [0.05, 0.1) is 19.8 Å². The molecule has 7 heteroatoms. The second kappa shape index (κ2) is 10.8. The molecule has 0 bridgehead atoms. The number of furan rings is 1. The number of nitrogens with one attached hydrogen (secondary N) is 1. The van der Waals surface area contributed by atoms with Crippen molar-refractivity contribution in [1.29, 1.82) is 0 Å². The summed E-state index contributed by atoms with van der Waals surface area (Å²) in [6.45, 7) is 8.03. The molecule has 1 aliphatic rings. The zero-order chi connectivity index (χ0) is 23.2. The Morgan fingerprint density at radius 1 is 1.09 bits per heavy atom. The van der Waals surface area contributed by atoms with E-state index in [-0.39, 0.29) is 11.7 Å². The smallest absolute Gasteiger partial charge is 0.291 e. The van der Waals surface area contributed by atoms with E-state index in [0.717, 1.165) is 43.3 Å². The zero-order valence-corrected chi connectivity index (χ0v) is 19.7. The maximum atomic E-state index is 12.7. The number of hydrogen-bond donors (Lipinski definition) is 1. The molecule has 0 aliphatic carbocycles. The van der Waals surface area contributed by atoms with Crippen LogP contribution in [0.25, 0.3) is 0 Å². The van der Waals surface area contributed by atoms with Crippen molar-refractivity contribution in [2.75, 3.05) is 43.1 Å². The average Bonchev–Trinajstić information content (AvgIpc) is 3.28. The summed E-state index contributed by atoms with van der Waals surface area (Å²) in [6.07, 6.45) is 0.482. The maximum Gasteiger partial charge on any atom is 0.291 e. The second-order valence-corrected chi connectivity index (χ2v) is 8.94. The first-order valence-corrected chi connectivity index (χ1v) is 11.6. The van der Waals surface area contributed by atoms with Crippen LogP contribution in [0.15, 0.2) is 59.0 Å². The van der Waals surface area contributed by atoms with Crippen molar-refractivity contribution < 1.29 is 18.7 Å². The molecule has 6 nitrogen and oxygen atoms in total. The SMILES string of the molecule is CC(C)COc1ccc(Cl)cc1Cc1ccc(C(=O)Nc2ccc(N3CCOCC3)cc2)o1. The lowest BCUT2D eigenvalue weighted by atomic mass is 10.1. The van der Waals surface area contributed by atoms with Gasteiger partial charge in [0.1, 0.15) is 11.5 Å². The van der Waals surface area contributed by atoms with Gasteiger partial charge in [-0.3, -0.25) is 4.79 Å². The molecule has 4 rings (SSSR count). The first-order valence-electron chi connectivity index (χ1n) is 11.2. The molecule has 0 radical (unpaired) electrons. The van der Waals surface area contributed by atoms with E-state index in [1.807, 2.05) is 48.5 Å². The third-order valence-corrected chi connectivity index (χ3v) is 5.58. The van der Waals surface area contributed by atoms with Crippen molar-refractivity contribution in [2.45, 2.75) is 20.3 Å². The van der Waals surface area contributed by atoms with Crippen LogP contribution in [0.2, 0.25) is 5.02 Å². The van der Waals surface area contributed by atoms with Gasteiger partial charge in [0.2, 0.25) is 0 Å². The predicted octanol–water partition coefficient (Wildman–Crippen LogP) is 5.65. The number of halogens is 1. The van der Waals surface area contributed by atoms with Crippen LogP contribution in [0.3, 0.4) is 0 Å². The second-order valence-electron chi connectivity index (χ2n) is 8.50. The molecular weight excluding hydrogens is 440 g/mol. The van der Waals surface area contributed by atoms with Crippen LogP contribution < -0.4 is 15.0 Å². The maximum absolute atomic E-state index is 12.7. The van der Waals surface area contributed by atoms with E-state index in [9.17, 15) is 4.79 Å². The van der Waals surface area contributed by atoms with Gasteiger partial charge < -0.3 is 24.1 Å². The monoisotopic (exact) mass is 468 g/mol. The number of carbonyl (C=O) groups is 1. The van der Waals surface area contributed by atoms with E-state index in [2.05, 4.69) is 24.1 Å². The lowest BCUT2D eigenvalue weighted by Gasteiger charge is -2.28. The number of nitrogens with zero attached hydrogens (tertiary/aromatic N) is 1. The third-order valence-electron chi connectivity index (χ3n) is 5.35. The van der Waals surface area contributed by atoms with Crippen molar-refractivity contribution in [3.05, 3.63) is 76.7 Å². The van der Waals surface area contributed by atoms with Gasteiger partial charge in [0.25, 0.3) is 5.91 Å². The van der Waals surface area contributed by atoms with Crippen LogP contribution in [0, 0.1) is 5.92 Å². The van der Waals surface area contributed by atoms with Crippen molar-refractivity contribution in [3.8, 4) is 5.75 Å². The summed E-state index contributed by atoms with van der Waals surface area (Å²) < 4.78 is 17.1. The summed E-state index contributed by atoms with van der Waals surface area (Å²) in [5, 5.41) is 3.53. The topological polar surface area (TPSA) is 63.9 Å². The third kappa shape index (κ3) is 6.30. The quantitative estimate of drug-likeness (QED) is 0.463. The van der Waals surface area contributed by atoms with E-state index in [1.54, 1.807) is 6.07 Å². The van der Waals surface area contributed by atoms with Crippen molar-refractivity contribution in [3.63, 3.8) is 0 Å². The van der Waals surface area contributed by atoms with Gasteiger partial charge in [-0.1, -0.05) is 25.4 Å². The molecule has 1 amide bonds. The summed E-state index contributed by atoms with van der Waals surface area (Å²) in [5.74, 6) is 1.82. The lowest BCUT2D eigenvalue weighted by molar-refractivity contribution is 0.0995. The van der Waals surface area contributed by atoms with Crippen LogP contribution in [0.5, 0.6) is 5.75 Å². The standard InChI is InChI=1S/C26H29ClN2O4/c1-18(2)17-32-24-9-3-20(27)15-19(24)16-23-8-10-25(33-23)26(30)28-21-4-6-22(7-5-21)29-11-13-31-14-12-29/h3-10,15,18H,11-14,16-17H2,1-2H3,(H,28,30). The predicted molar refractivity (Wildman–Crippen MR) is 131 cm³/mol. The Labute approximate surface area is 199 Å². The number of benzene rings is 2. The lowest BCUT2D eigenvalue weighted by Crippen LogP contribution is -2.36. The van der Waals surface area contributed by atoms with Gasteiger partial charge in [-0.15, -0.1) is 0 Å². The molecule has 33 heavy (non-hydrogen) atoms. The van der Waals surface area contributed by atoms with Crippen LogP contribution >= 0.6 is 11.6 Å². The molecule has 2 heterocycles. The average molecular weight is 469 g/mol. The molecule has 1 fully saturated rings. The number of morpholine rings is 1. The Kier molecular flexibility index (Phi) is 7.57. The molecule has 2 aromatic carbocycles. The first-order chi connectivity index (χ1) is 16.0. The summed E-state index contributed by atoms with van der Waals surface area (Å²) in [4.78, 5) is 15.0. The molecule has 1 aromatic heterocycles. The highest BCUT2D eigenvalue weighted by Crippen LogP contribution is 2.27. The number of hydrogen-bond acceptors (Lipinski definition) is 5. The summed E-state index contributed by atoms with van der Waals surface area (Å²) in [5.41, 5.74) is 2.76. The summed E-state index contributed by atoms with van der Waals surface area (Å²) >= 11 is 6.19. The van der Waals surface area contributed by atoms with E-state index in [0.29, 0.717) is 35.4 Å². The van der Waals surface area contributed by atoms with Gasteiger partial charge in [-0.2, -0.15) is 0 Å². The fraction of sp³-hybridized carbons (Fsp3) is 0.346. The number of ether oxygens (including phenoxy) is 2.